The second-order valence-electron chi connectivity index (χ2n) is 4.23. The lowest BCUT2D eigenvalue weighted by Crippen LogP contribution is -2.11. The summed E-state index contributed by atoms with van der Waals surface area (Å²) in [5.41, 5.74) is 0. The molecule has 0 rings (SSSR count). The van der Waals surface area contributed by atoms with Crippen LogP contribution in [0, 0.1) is 0 Å². The van der Waals surface area contributed by atoms with Crippen molar-refractivity contribution in [3.8, 4) is 0 Å². The molecule has 0 aromatic rings. The van der Waals surface area contributed by atoms with E-state index in [0.29, 0.717) is 39.5 Å². The van der Waals surface area contributed by atoms with Crippen LogP contribution in [0.3, 0.4) is 0 Å². The highest BCUT2D eigenvalue weighted by molar-refractivity contribution is 5.59. The summed E-state index contributed by atoms with van der Waals surface area (Å²) in [7, 11) is 0. The Balaban J connectivity index is 3.07. The Labute approximate surface area is 116 Å². The predicted molar refractivity (Wildman–Crippen MR) is 73.4 cm³/mol. The molecule has 0 aliphatic rings. The number of carbonyl (C=O) groups excluding carboxylic acids is 1. The van der Waals surface area contributed by atoms with Crippen molar-refractivity contribution in [3.05, 3.63) is 0 Å². The molecule has 0 aliphatic carbocycles. The van der Waals surface area contributed by atoms with Gasteiger partial charge in [-0.15, -0.1) is 0 Å². The third kappa shape index (κ3) is 15.1. The molecule has 0 N–H and O–H groups in total. The van der Waals surface area contributed by atoms with E-state index in [9.17, 15) is 4.79 Å². The van der Waals surface area contributed by atoms with Crippen LogP contribution in [0.15, 0.2) is 0 Å². The maximum atomic E-state index is 11.0. The van der Waals surface area contributed by atoms with Crippen LogP contribution in [0.4, 0.5) is 4.79 Å². The van der Waals surface area contributed by atoms with E-state index in [1.54, 1.807) is 0 Å². The van der Waals surface area contributed by atoms with Gasteiger partial charge in [-0.1, -0.05) is 26.7 Å². The molecule has 0 saturated heterocycles. The van der Waals surface area contributed by atoms with E-state index in [2.05, 4.69) is 6.92 Å². The largest absolute Gasteiger partial charge is 0.508 e. The molecule has 5 heteroatoms. The van der Waals surface area contributed by atoms with Gasteiger partial charge >= 0.3 is 6.16 Å². The average molecular weight is 276 g/mol. The Bertz CT molecular complexity index is 196. The molecule has 0 aliphatic heterocycles. The first kappa shape index (κ1) is 18.2. The Morgan fingerprint density at radius 3 is 1.74 bits per heavy atom. The van der Waals surface area contributed by atoms with E-state index in [0.717, 1.165) is 32.3 Å². The highest BCUT2D eigenvalue weighted by Gasteiger charge is 2.02. The molecule has 0 heterocycles. The Hall–Kier alpha value is -0.810. The summed E-state index contributed by atoms with van der Waals surface area (Å²) in [6, 6.07) is 0. The molecule has 0 atom stereocenters. The minimum absolute atomic E-state index is 0.335. The zero-order chi connectivity index (χ0) is 14.2. The fourth-order valence-corrected chi connectivity index (χ4v) is 1.23. The van der Waals surface area contributed by atoms with Gasteiger partial charge in [0.2, 0.25) is 0 Å². The molecule has 114 valence electrons. The van der Waals surface area contributed by atoms with Gasteiger partial charge in [-0.3, -0.25) is 0 Å². The van der Waals surface area contributed by atoms with Crippen LogP contribution in [-0.4, -0.2) is 45.8 Å². The second-order valence-corrected chi connectivity index (χ2v) is 4.23. The van der Waals surface area contributed by atoms with Crippen molar-refractivity contribution in [1.29, 1.82) is 0 Å². The van der Waals surface area contributed by atoms with E-state index < -0.39 is 6.16 Å². The lowest BCUT2D eigenvalue weighted by Gasteiger charge is -2.07. The molecule has 0 amide bonds. The number of ether oxygens (including phenoxy) is 4. The maximum Gasteiger partial charge on any atom is 0.508 e. The van der Waals surface area contributed by atoms with Gasteiger partial charge in [0.15, 0.2) is 0 Å². The molecule has 0 fully saturated rings. The number of hydrogen-bond acceptors (Lipinski definition) is 5. The van der Waals surface area contributed by atoms with Crippen molar-refractivity contribution >= 4 is 6.16 Å². The van der Waals surface area contributed by atoms with Gasteiger partial charge in [0.25, 0.3) is 0 Å². The molecule has 0 saturated carbocycles. The van der Waals surface area contributed by atoms with Crippen molar-refractivity contribution in [2.24, 2.45) is 0 Å². The summed E-state index contributed by atoms with van der Waals surface area (Å²) in [5, 5.41) is 0. The smallest absolute Gasteiger partial charge is 0.434 e. The monoisotopic (exact) mass is 276 g/mol. The quantitative estimate of drug-likeness (QED) is 0.382. The van der Waals surface area contributed by atoms with Crippen molar-refractivity contribution in [3.63, 3.8) is 0 Å². The third-order valence-corrected chi connectivity index (χ3v) is 2.38. The molecule has 0 aromatic heterocycles. The van der Waals surface area contributed by atoms with Gasteiger partial charge in [0.1, 0.15) is 0 Å². The van der Waals surface area contributed by atoms with Gasteiger partial charge in [-0.05, 0) is 12.8 Å². The topological polar surface area (TPSA) is 54.0 Å². The minimum Gasteiger partial charge on any atom is -0.434 e. The van der Waals surface area contributed by atoms with Crippen LogP contribution in [-0.2, 0) is 18.9 Å². The summed E-state index contributed by atoms with van der Waals surface area (Å²) < 4.78 is 20.4. The first-order valence-electron chi connectivity index (χ1n) is 7.26. The zero-order valence-corrected chi connectivity index (χ0v) is 12.3. The van der Waals surface area contributed by atoms with Crippen LogP contribution in [0.25, 0.3) is 0 Å². The Kier molecular flexibility index (Phi) is 14.6. The molecule has 5 nitrogen and oxygen atoms in total. The van der Waals surface area contributed by atoms with Crippen LogP contribution >= 0.6 is 0 Å². The van der Waals surface area contributed by atoms with Crippen molar-refractivity contribution in [2.75, 3.05) is 39.6 Å². The normalized spacial score (nSPS) is 10.4. The molecule has 0 aromatic carbocycles. The second kappa shape index (κ2) is 15.2. The van der Waals surface area contributed by atoms with Crippen LogP contribution in [0.5, 0.6) is 0 Å². The van der Waals surface area contributed by atoms with Crippen molar-refractivity contribution in [2.45, 2.75) is 46.0 Å². The standard InChI is InChI=1S/C14H28O5/c1-3-5-8-16-12-13-17-9-7-11-19-14(15)18-10-6-4-2/h3-13H2,1-2H3. The highest BCUT2D eigenvalue weighted by Crippen LogP contribution is 1.93. The van der Waals surface area contributed by atoms with Crippen molar-refractivity contribution < 1.29 is 23.7 Å². The zero-order valence-electron chi connectivity index (χ0n) is 12.3. The molecule has 0 spiro atoms. The molecule has 19 heavy (non-hydrogen) atoms. The maximum absolute atomic E-state index is 11.0. The van der Waals surface area contributed by atoms with Gasteiger partial charge in [-0.2, -0.15) is 0 Å². The molecular formula is C14H28O5. The van der Waals surface area contributed by atoms with Gasteiger partial charge in [-0.25, -0.2) is 4.79 Å². The van der Waals surface area contributed by atoms with E-state index in [-0.39, 0.29) is 0 Å². The predicted octanol–water partition coefficient (Wildman–Crippen LogP) is 3.16. The van der Waals surface area contributed by atoms with E-state index in [4.69, 9.17) is 18.9 Å². The Morgan fingerprint density at radius 2 is 1.16 bits per heavy atom. The lowest BCUT2D eigenvalue weighted by molar-refractivity contribution is 0.0282. The molecule has 0 bridgehead atoms. The fourth-order valence-electron chi connectivity index (χ4n) is 1.23. The first-order valence-corrected chi connectivity index (χ1v) is 7.26. The van der Waals surface area contributed by atoms with Crippen LogP contribution < -0.4 is 0 Å². The van der Waals surface area contributed by atoms with E-state index in [1.165, 1.54) is 0 Å². The molecule has 0 radical (unpaired) electrons. The average Bonchev–Trinajstić information content (AvgIpc) is 2.41. The highest BCUT2D eigenvalue weighted by atomic mass is 16.7. The van der Waals surface area contributed by atoms with Crippen molar-refractivity contribution in [1.82, 2.24) is 0 Å². The van der Waals surface area contributed by atoms with E-state index in [1.807, 2.05) is 6.92 Å². The number of unbranched alkanes of at least 4 members (excludes halogenated alkanes) is 2. The third-order valence-electron chi connectivity index (χ3n) is 2.38. The van der Waals surface area contributed by atoms with Crippen LogP contribution in [0.2, 0.25) is 0 Å². The van der Waals surface area contributed by atoms with E-state index >= 15 is 0 Å². The summed E-state index contributed by atoms with van der Waals surface area (Å²) in [6.07, 6.45) is 4.20. The first-order chi connectivity index (χ1) is 9.31. The summed E-state index contributed by atoms with van der Waals surface area (Å²) in [6.45, 7) is 7.52. The number of hydrogen-bond donors (Lipinski definition) is 0. The molecule has 0 unspecified atom stereocenters. The summed E-state index contributed by atoms with van der Waals surface area (Å²) in [5.74, 6) is 0. The number of carbonyl (C=O) groups is 1. The summed E-state index contributed by atoms with van der Waals surface area (Å²) >= 11 is 0. The lowest BCUT2D eigenvalue weighted by atomic mass is 10.4. The molecular weight excluding hydrogens is 248 g/mol. The number of rotatable bonds is 13. The Morgan fingerprint density at radius 1 is 0.684 bits per heavy atom. The van der Waals surface area contributed by atoms with Crippen LogP contribution in [0.1, 0.15) is 46.0 Å². The van der Waals surface area contributed by atoms with Gasteiger partial charge in [0, 0.05) is 19.6 Å². The van der Waals surface area contributed by atoms with Gasteiger partial charge in [0.05, 0.1) is 26.4 Å². The SMILES string of the molecule is CCCCOCCOCCCOC(=O)OCCCC. The minimum atomic E-state index is -0.587. The summed E-state index contributed by atoms with van der Waals surface area (Å²) in [4.78, 5) is 11.0. The fraction of sp³-hybridized carbons (Fsp3) is 0.929. The van der Waals surface area contributed by atoms with Gasteiger partial charge < -0.3 is 18.9 Å².